The molecule has 0 spiro atoms. The van der Waals surface area contributed by atoms with Crippen molar-refractivity contribution in [2.24, 2.45) is 0 Å². The zero-order valence-electron chi connectivity index (χ0n) is 16.1. The van der Waals surface area contributed by atoms with Crippen LogP contribution in [-0.4, -0.2) is 37.4 Å². The lowest BCUT2D eigenvalue weighted by Gasteiger charge is -2.18. The Hall–Kier alpha value is -3.15. The van der Waals surface area contributed by atoms with Crippen LogP contribution in [0.3, 0.4) is 0 Å². The van der Waals surface area contributed by atoms with Gasteiger partial charge in [0, 0.05) is 17.5 Å². The van der Waals surface area contributed by atoms with E-state index in [2.05, 4.69) is 0 Å². The molecule has 1 heterocycles. The molecular formula is C23H22O6. The summed E-state index contributed by atoms with van der Waals surface area (Å²) in [6.45, 7) is 0.612. The minimum absolute atomic E-state index is 0.00547. The number of hydrogen-bond donors (Lipinski definition) is 0. The molecule has 1 aliphatic carbocycles. The number of rotatable bonds is 7. The highest BCUT2D eigenvalue weighted by atomic mass is 16.6. The van der Waals surface area contributed by atoms with Gasteiger partial charge in [-0.1, -0.05) is 12.1 Å². The van der Waals surface area contributed by atoms with Crippen LogP contribution in [0.2, 0.25) is 0 Å². The van der Waals surface area contributed by atoms with Crippen LogP contribution in [0.5, 0.6) is 11.5 Å². The number of aryl methyl sites for hydroxylation is 2. The molecule has 2 aromatic carbocycles. The molecule has 0 aromatic heterocycles. The van der Waals surface area contributed by atoms with E-state index in [0.717, 1.165) is 19.3 Å². The first-order valence-electron chi connectivity index (χ1n) is 9.83. The number of hydrogen-bond acceptors (Lipinski definition) is 6. The SMILES string of the molecule is O=C(CCC(=O)c1ccc2c(c1)OCCO2)OCC(=O)c1ccc2c(c1)CCC2. The van der Waals surface area contributed by atoms with E-state index in [1.165, 1.54) is 11.1 Å². The molecule has 0 fully saturated rings. The summed E-state index contributed by atoms with van der Waals surface area (Å²) in [6.07, 6.45) is 3.07. The minimum Gasteiger partial charge on any atom is -0.486 e. The van der Waals surface area contributed by atoms with Gasteiger partial charge in [-0.15, -0.1) is 0 Å². The van der Waals surface area contributed by atoms with Crippen LogP contribution >= 0.6 is 0 Å². The van der Waals surface area contributed by atoms with Gasteiger partial charge in [-0.2, -0.15) is 0 Å². The Morgan fingerprint density at radius 1 is 0.793 bits per heavy atom. The van der Waals surface area contributed by atoms with Gasteiger partial charge in [-0.05, 0) is 54.7 Å². The molecule has 29 heavy (non-hydrogen) atoms. The van der Waals surface area contributed by atoms with E-state index in [9.17, 15) is 14.4 Å². The molecule has 150 valence electrons. The first kappa shape index (κ1) is 19.2. The van der Waals surface area contributed by atoms with E-state index in [1.807, 2.05) is 12.1 Å². The molecule has 0 saturated carbocycles. The lowest BCUT2D eigenvalue weighted by molar-refractivity contribution is -0.142. The molecule has 6 heteroatoms. The van der Waals surface area contributed by atoms with Crippen LogP contribution in [0.1, 0.15) is 51.1 Å². The Labute approximate surface area is 168 Å². The second-order valence-corrected chi connectivity index (χ2v) is 7.20. The molecule has 4 rings (SSSR count). The Bertz CT molecular complexity index is 962. The molecular weight excluding hydrogens is 372 g/mol. The van der Waals surface area contributed by atoms with Crippen LogP contribution in [0.25, 0.3) is 0 Å². The van der Waals surface area contributed by atoms with E-state index in [1.54, 1.807) is 24.3 Å². The average molecular weight is 394 g/mol. The van der Waals surface area contributed by atoms with E-state index in [-0.39, 0.29) is 31.0 Å². The van der Waals surface area contributed by atoms with Gasteiger partial charge in [-0.3, -0.25) is 14.4 Å². The number of ether oxygens (including phenoxy) is 3. The number of carbonyl (C=O) groups is 3. The van der Waals surface area contributed by atoms with Crippen LogP contribution in [0.4, 0.5) is 0 Å². The third kappa shape index (κ3) is 4.47. The van der Waals surface area contributed by atoms with Crippen LogP contribution in [0.15, 0.2) is 36.4 Å². The highest BCUT2D eigenvalue weighted by molar-refractivity contribution is 5.99. The van der Waals surface area contributed by atoms with Crippen molar-refractivity contribution >= 4 is 17.5 Å². The maximum atomic E-state index is 12.3. The normalized spacial score (nSPS) is 14.2. The first-order chi connectivity index (χ1) is 14.1. The summed E-state index contributed by atoms with van der Waals surface area (Å²) in [5.74, 6) is 0.155. The van der Waals surface area contributed by atoms with Crippen molar-refractivity contribution in [2.75, 3.05) is 19.8 Å². The number of ketones is 2. The standard InChI is InChI=1S/C23H22O6/c24-19(18-6-8-21-22(13-18)28-11-10-27-21)7-9-23(26)29-14-20(25)17-5-4-15-2-1-3-16(15)12-17/h4-6,8,12-13H,1-3,7,9-11,14H2. The molecule has 0 saturated heterocycles. The van der Waals surface area contributed by atoms with E-state index in [4.69, 9.17) is 14.2 Å². The molecule has 1 aliphatic heterocycles. The van der Waals surface area contributed by atoms with E-state index in [0.29, 0.717) is 35.8 Å². The molecule has 0 amide bonds. The largest absolute Gasteiger partial charge is 0.486 e. The van der Waals surface area contributed by atoms with Gasteiger partial charge in [-0.25, -0.2) is 0 Å². The predicted molar refractivity (Wildman–Crippen MR) is 105 cm³/mol. The summed E-state index contributed by atoms with van der Waals surface area (Å²) in [7, 11) is 0. The van der Waals surface area contributed by atoms with Crippen molar-refractivity contribution < 1.29 is 28.6 Å². The highest BCUT2D eigenvalue weighted by Gasteiger charge is 2.18. The van der Waals surface area contributed by atoms with Gasteiger partial charge < -0.3 is 14.2 Å². The molecule has 0 N–H and O–H groups in total. The van der Waals surface area contributed by atoms with Crippen LogP contribution in [0, 0.1) is 0 Å². The second kappa shape index (κ2) is 8.47. The Balaban J connectivity index is 1.25. The smallest absolute Gasteiger partial charge is 0.306 e. The van der Waals surface area contributed by atoms with Gasteiger partial charge in [0.25, 0.3) is 0 Å². The van der Waals surface area contributed by atoms with Crippen molar-refractivity contribution in [3.05, 3.63) is 58.7 Å². The minimum atomic E-state index is -0.564. The van der Waals surface area contributed by atoms with Crippen LogP contribution in [-0.2, 0) is 22.4 Å². The number of Topliss-reactive ketones (excluding diaryl/α,β-unsaturated/α-hetero) is 2. The van der Waals surface area contributed by atoms with Crippen molar-refractivity contribution in [1.82, 2.24) is 0 Å². The first-order valence-corrected chi connectivity index (χ1v) is 9.83. The Morgan fingerprint density at radius 2 is 1.52 bits per heavy atom. The lowest BCUT2D eigenvalue weighted by atomic mass is 10.0. The fraction of sp³-hybridized carbons (Fsp3) is 0.348. The molecule has 6 nitrogen and oxygen atoms in total. The number of benzene rings is 2. The number of esters is 1. The zero-order valence-corrected chi connectivity index (χ0v) is 16.1. The second-order valence-electron chi connectivity index (χ2n) is 7.20. The van der Waals surface area contributed by atoms with E-state index < -0.39 is 5.97 Å². The quantitative estimate of drug-likeness (QED) is 0.529. The van der Waals surface area contributed by atoms with Crippen molar-refractivity contribution in [1.29, 1.82) is 0 Å². The van der Waals surface area contributed by atoms with Gasteiger partial charge in [0.05, 0.1) is 6.42 Å². The summed E-state index contributed by atoms with van der Waals surface area (Å²) in [4.78, 5) is 36.6. The fourth-order valence-corrected chi connectivity index (χ4v) is 3.62. The summed E-state index contributed by atoms with van der Waals surface area (Å²) in [6, 6.07) is 10.6. The Kier molecular flexibility index (Phi) is 5.60. The van der Waals surface area contributed by atoms with Crippen molar-refractivity contribution in [2.45, 2.75) is 32.1 Å². The summed E-state index contributed by atoms with van der Waals surface area (Å²) < 4.78 is 16.0. The van der Waals surface area contributed by atoms with Crippen LogP contribution < -0.4 is 9.47 Å². The van der Waals surface area contributed by atoms with Crippen molar-refractivity contribution in [3.63, 3.8) is 0 Å². The maximum Gasteiger partial charge on any atom is 0.306 e. The Morgan fingerprint density at radius 3 is 2.38 bits per heavy atom. The van der Waals surface area contributed by atoms with Gasteiger partial charge in [0.1, 0.15) is 13.2 Å². The maximum absolute atomic E-state index is 12.3. The molecule has 0 radical (unpaired) electrons. The summed E-state index contributed by atoms with van der Waals surface area (Å²) in [5, 5.41) is 0. The van der Waals surface area contributed by atoms with Gasteiger partial charge in [0.15, 0.2) is 29.7 Å². The van der Waals surface area contributed by atoms with Gasteiger partial charge in [0.2, 0.25) is 0 Å². The molecule has 2 aliphatic rings. The molecule has 0 bridgehead atoms. The number of fused-ring (bicyclic) bond motifs is 2. The highest BCUT2D eigenvalue weighted by Crippen LogP contribution is 2.31. The molecule has 2 aromatic rings. The average Bonchev–Trinajstić information content (AvgIpc) is 3.23. The van der Waals surface area contributed by atoms with E-state index >= 15 is 0 Å². The topological polar surface area (TPSA) is 78.9 Å². The zero-order chi connectivity index (χ0) is 20.2. The fourth-order valence-electron chi connectivity index (χ4n) is 3.62. The predicted octanol–water partition coefficient (Wildman–Crippen LogP) is 3.34. The third-order valence-corrected chi connectivity index (χ3v) is 5.21. The number of carbonyl (C=O) groups excluding carboxylic acids is 3. The summed E-state index contributed by atoms with van der Waals surface area (Å²) in [5.41, 5.74) is 3.51. The molecule has 0 unspecified atom stereocenters. The monoisotopic (exact) mass is 394 g/mol. The third-order valence-electron chi connectivity index (χ3n) is 5.21. The summed E-state index contributed by atoms with van der Waals surface area (Å²) >= 11 is 0. The molecule has 0 atom stereocenters. The van der Waals surface area contributed by atoms with Crippen molar-refractivity contribution in [3.8, 4) is 11.5 Å². The van der Waals surface area contributed by atoms with Gasteiger partial charge >= 0.3 is 5.97 Å². The lowest BCUT2D eigenvalue weighted by Crippen LogP contribution is -2.16.